The molecule has 0 bridgehead atoms. The Morgan fingerprint density at radius 2 is 1.54 bits per heavy atom. The number of benzene rings is 1. The van der Waals surface area contributed by atoms with Gasteiger partial charge in [-0.1, -0.05) is 65.5 Å². The first-order valence-electron chi connectivity index (χ1n) is 8.88. The fraction of sp³-hybridized carbons (Fsp3) is 0.524. The molecule has 1 N–H and O–H groups in total. The largest absolute Gasteiger partial charge is 0.507 e. The van der Waals surface area contributed by atoms with Crippen molar-refractivity contribution in [1.82, 2.24) is 4.90 Å². The summed E-state index contributed by atoms with van der Waals surface area (Å²) in [7, 11) is 0. The van der Waals surface area contributed by atoms with E-state index in [4.69, 9.17) is 12.2 Å². The highest BCUT2D eigenvalue weighted by Gasteiger charge is 2.34. The zero-order chi connectivity index (χ0) is 20.0. The van der Waals surface area contributed by atoms with Gasteiger partial charge in [-0.15, -0.1) is 0 Å². The van der Waals surface area contributed by atoms with Crippen LogP contribution in [-0.2, 0) is 15.6 Å². The summed E-state index contributed by atoms with van der Waals surface area (Å²) < 4.78 is 0.599. The molecule has 1 saturated heterocycles. The van der Waals surface area contributed by atoms with Gasteiger partial charge >= 0.3 is 0 Å². The first kappa shape index (κ1) is 21.0. The van der Waals surface area contributed by atoms with Crippen LogP contribution in [0.1, 0.15) is 72.1 Å². The van der Waals surface area contributed by atoms with E-state index in [9.17, 15) is 9.90 Å². The number of carbonyl (C=O) groups is 1. The molecule has 0 aromatic heterocycles. The molecule has 1 fully saturated rings. The lowest BCUT2D eigenvalue weighted by Gasteiger charge is -2.28. The van der Waals surface area contributed by atoms with E-state index in [0.717, 1.165) is 16.7 Å². The Labute approximate surface area is 166 Å². The van der Waals surface area contributed by atoms with Crippen LogP contribution >= 0.6 is 24.0 Å². The zero-order valence-electron chi connectivity index (χ0n) is 16.9. The number of nitrogens with zero attached hydrogens (tertiary/aromatic N) is 1. The average Bonchev–Trinajstić information content (AvgIpc) is 2.72. The highest BCUT2D eigenvalue weighted by molar-refractivity contribution is 8.26. The lowest BCUT2D eigenvalue weighted by molar-refractivity contribution is -0.123. The maximum Gasteiger partial charge on any atom is 0.266 e. The number of carbonyl (C=O) groups excluding carboxylic acids is 1. The maximum absolute atomic E-state index is 12.7. The monoisotopic (exact) mass is 391 g/mol. The molecule has 1 aromatic rings. The minimum absolute atomic E-state index is 0.0438. The molecular weight excluding hydrogens is 362 g/mol. The fourth-order valence-electron chi connectivity index (χ4n) is 2.96. The van der Waals surface area contributed by atoms with Crippen LogP contribution in [0.3, 0.4) is 0 Å². The van der Waals surface area contributed by atoms with Crippen LogP contribution in [-0.4, -0.2) is 26.3 Å². The highest BCUT2D eigenvalue weighted by atomic mass is 32.2. The van der Waals surface area contributed by atoms with Gasteiger partial charge in [-0.3, -0.25) is 9.69 Å². The van der Waals surface area contributed by atoms with Crippen molar-refractivity contribution in [2.45, 2.75) is 72.3 Å². The van der Waals surface area contributed by atoms with Gasteiger partial charge in [-0.05, 0) is 48.4 Å². The van der Waals surface area contributed by atoms with Crippen LogP contribution in [0.5, 0.6) is 5.75 Å². The molecule has 142 valence electrons. The number of thioether (sulfide) groups is 1. The van der Waals surface area contributed by atoms with Gasteiger partial charge in [0, 0.05) is 17.2 Å². The molecule has 1 amide bonds. The van der Waals surface area contributed by atoms with Crippen molar-refractivity contribution in [2.75, 3.05) is 0 Å². The van der Waals surface area contributed by atoms with Gasteiger partial charge in [0.05, 0.1) is 4.91 Å². The van der Waals surface area contributed by atoms with E-state index in [-0.39, 0.29) is 22.8 Å². The quantitative estimate of drug-likeness (QED) is 0.526. The molecule has 2 rings (SSSR count). The molecule has 1 aliphatic heterocycles. The van der Waals surface area contributed by atoms with Gasteiger partial charge in [0.2, 0.25) is 0 Å². The van der Waals surface area contributed by atoms with Crippen molar-refractivity contribution < 1.29 is 9.90 Å². The molecule has 1 aromatic carbocycles. The van der Waals surface area contributed by atoms with E-state index in [0.29, 0.717) is 15.0 Å². The Hall–Kier alpha value is -1.33. The second-order valence-corrected chi connectivity index (χ2v) is 10.8. The molecule has 3 nitrogen and oxygen atoms in total. The van der Waals surface area contributed by atoms with E-state index < -0.39 is 0 Å². The number of hydrogen-bond donors (Lipinski definition) is 1. The number of thiocarbonyl (C=S) groups is 1. The molecule has 0 aliphatic carbocycles. The smallest absolute Gasteiger partial charge is 0.266 e. The first-order chi connectivity index (χ1) is 11.7. The van der Waals surface area contributed by atoms with E-state index in [1.807, 2.05) is 32.1 Å². The van der Waals surface area contributed by atoms with Crippen LogP contribution in [0, 0.1) is 0 Å². The molecule has 26 heavy (non-hydrogen) atoms. The summed E-state index contributed by atoms with van der Waals surface area (Å²) >= 11 is 6.71. The Kier molecular flexibility index (Phi) is 5.65. The van der Waals surface area contributed by atoms with Crippen LogP contribution in [0.4, 0.5) is 0 Å². The topological polar surface area (TPSA) is 40.5 Å². The molecule has 0 spiro atoms. The van der Waals surface area contributed by atoms with Gasteiger partial charge in [0.25, 0.3) is 5.91 Å². The van der Waals surface area contributed by atoms with E-state index >= 15 is 0 Å². The minimum atomic E-state index is -0.204. The average molecular weight is 392 g/mol. The van der Waals surface area contributed by atoms with Crippen LogP contribution in [0.25, 0.3) is 6.08 Å². The van der Waals surface area contributed by atoms with Crippen molar-refractivity contribution in [2.24, 2.45) is 0 Å². The second kappa shape index (κ2) is 7.01. The lowest BCUT2D eigenvalue weighted by atomic mass is 9.78. The van der Waals surface area contributed by atoms with Gasteiger partial charge < -0.3 is 5.11 Å². The number of phenolic OH excluding ortho intramolecular Hbond substituents is 1. The molecule has 1 aliphatic rings. The lowest BCUT2D eigenvalue weighted by Crippen LogP contribution is -2.34. The van der Waals surface area contributed by atoms with Gasteiger partial charge in [0.15, 0.2) is 0 Å². The Bertz CT molecular complexity index is 745. The molecule has 0 saturated carbocycles. The van der Waals surface area contributed by atoms with E-state index in [1.54, 1.807) is 4.90 Å². The maximum atomic E-state index is 12.7. The molecule has 0 atom stereocenters. The molecule has 5 heteroatoms. The number of rotatable bonds is 2. The van der Waals surface area contributed by atoms with Gasteiger partial charge in [0.1, 0.15) is 10.1 Å². The van der Waals surface area contributed by atoms with Crippen molar-refractivity contribution in [3.63, 3.8) is 0 Å². The van der Waals surface area contributed by atoms with Crippen LogP contribution in [0.15, 0.2) is 17.0 Å². The number of hydrogen-bond acceptors (Lipinski definition) is 4. The van der Waals surface area contributed by atoms with Crippen molar-refractivity contribution in [3.05, 3.63) is 33.7 Å². The normalized spacial score (nSPS) is 17.7. The van der Waals surface area contributed by atoms with Crippen molar-refractivity contribution in [3.8, 4) is 5.75 Å². The Morgan fingerprint density at radius 1 is 1.08 bits per heavy atom. The Morgan fingerprint density at radius 3 is 1.88 bits per heavy atom. The molecule has 1 heterocycles. The summed E-state index contributed by atoms with van der Waals surface area (Å²) in [5.41, 5.74) is 2.28. The fourth-order valence-corrected chi connectivity index (χ4v) is 4.48. The Balaban J connectivity index is 2.61. The molecule has 0 unspecified atom stereocenters. The van der Waals surface area contributed by atoms with Crippen LogP contribution in [0.2, 0.25) is 0 Å². The van der Waals surface area contributed by atoms with E-state index in [2.05, 4.69) is 41.5 Å². The standard InChI is InChI=1S/C21H29NO2S2/c1-12(2)22-18(24)16(26-19(22)25)11-13-9-14(20(3,4)5)17(23)15(10-13)21(6,7)8/h9-12,23H,1-8H3/b16-11-. The summed E-state index contributed by atoms with van der Waals surface area (Å²) in [6, 6.07) is 4.00. The predicted molar refractivity (Wildman–Crippen MR) is 116 cm³/mol. The number of phenols is 1. The van der Waals surface area contributed by atoms with Crippen LogP contribution < -0.4 is 0 Å². The van der Waals surface area contributed by atoms with Gasteiger partial charge in [-0.2, -0.15) is 0 Å². The SMILES string of the molecule is CC(C)N1C(=O)/C(=C/c2cc(C(C)(C)C)c(O)c(C(C)(C)C)c2)SC1=S. The summed E-state index contributed by atoms with van der Waals surface area (Å²) in [6.45, 7) is 16.4. The highest BCUT2D eigenvalue weighted by Crippen LogP contribution is 2.41. The molecule has 0 radical (unpaired) electrons. The number of aromatic hydroxyl groups is 1. The third-order valence-corrected chi connectivity index (χ3v) is 5.72. The summed E-state index contributed by atoms with van der Waals surface area (Å²) in [4.78, 5) is 15.0. The van der Waals surface area contributed by atoms with Crippen molar-refractivity contribution in [1.29, 1.82) is 0 Å². The second-order valence-electron chi connectivity index (χ2n) is 9.11. The molecular formula is C21H29NO2S2. The first-order valence-corrected chi connectivity index (χ1v) is 10.1. The third kappa shape index (κ3) is 4.15. The summed E-state index contributed by atoms with van der Waals surface area (Å²) in [5, 5.41) is 10.8. The third-order valence-electron chi connectivity index (χ3n) is 4.39. The predicted octanol–water partition coefficient (Wildman–Crippen LogP) is 5.60. The zero-order valence-corrected chi connectivity index (χ0v) is 18.6. The summed E-state index contributed by atoms with van der Waals surface area (Å²) in [6.07, 6.45) is 1.89. The number of amides is 1. The van der Waals surface area contributed by atoms with Crippen molar-refractivity contribution >= 4 is 40.3 Å². The van der Waals surface area contributed by atoms with Gasteiger partial charge in [-0.25, -0.2) is 0 Å². The minimum Gasteiger partial charge on any atom is -0.507 e. The van der Waals surface area contributed by atoms with E-state index in [1.165, 1.54) is 11.8 Å². The summed E-state index contributed by atoms with van der Waals surface area (Å²) in [5.74, 6) is 0.301.